The van der Waals surface area contributed by atoms with E-state index in [1.165, 1.54) is 10.9 Å². The number of hydrogen-bond acceptors (Lipinski definition) is 5. The van der Waals surface area contributed by atoms with Gasteiger partial charge < -0.3 is 10.0 Å². The maximum atomic E-state index is 13.0. The molecule has 0 aliphatic rings. The molecule has 0 aliphatic carbocycles. The number of anilines is 1. The first kappa shape index (κ1) is 20.1. The second-order valence-electron chi connectivity index (χ2n) is 6.79. The Morgan fingerprint density at radius 2 is 2.04 bits per heavy atom. The number of unbranched alkanes of at least 4 members (excludes halogenated alkanes) is 1. The summed E-state index contributed by atoms with van der Waals surface area (Å²) >= 11 is 3.40. The first-order valence-electron chi connectivity index (χ1n) is 9.16. The van der Waals surface area contributed by atoms with Gasteiger partial charge in [0, 0.05) is 42.3 Å². The summed E-state index contributed by atoms with van der Waals surface area (Å²) in [4.78, 5) is 19.6. The molecule has 2 aromatic carbocycles. The van der Waals surface area contributed by atoms with Crippen molar-refractivity contribution >= 4 is 38.7 Å². The maximum absolute atomic E-state index is 13.0. The molecule has 1 N–H and O–H groups in total. The largest absolute Gasteiger partial charge is 0.507 e. The molecule has 0 amide bonds. The minimum Gasteiger partial charge on any atom is -0.507 e. The Kier molecular flexibility index (Phi) is 6.14. The van der Waals surface area contributed by atoms with Crippen molar-refractivity contribution in [2.45, 2.75) is 26.2 Å². The predicted octanol–water partition coefficient (Wildman–Crippen LogP) is 4.16. The second kappa shape index (κ2) is 8.56. The van der Waals surface area contributed by atoms with Gasteiger partial charge >= 0.3 is 0 Å². The number of halogens is 1. The van der Waals surface area contributed by atoms with Crippen LogP contribution in [0.1, 0.15) is 31.2 Å². The molecule has 6 nitrogen and oxygen atoms in total. The zero-order chi connectivity index (χ0) is 20.3. The molecule has 7 heteroatoms. The highest BCUT2D eigenvalue weighted by Gasteiger charge is 2.11. The van der Waals surface area contributed by atoms with Gasteiger partial charge in [-0.25, -0.2) is 4.98 Å². The highest BCUT2D eigenvalue weighted by Crippen LogP contribution is 2.22. The van der Waals surface area contributed by atoms with Gasteiger partial charge in [-0.3, -0.25) is 4.79 Å². The highest BCUT2D eigenvalue weighted by molar-refractivity contribution is 9.10. The highest BCUT2D eigenvalue weighted by atomic mass is 79.9. The third-order valence-electron chi connectivity index (χ3n) is 4.47. The molecule has 0 radical (unpaired) electrons. The Morgan fingerprint density at radius 3 is 2.71 bits per heavy atom. The molecule has 0 aliphatic heterocycles. The fourth-order valence-corrected chi connectivity index (χ4v) is 3.21. The zero-order valence-electron chi connectivity index (χ0n) is 16.2. The number of aryl methyl sites for hydroxylation is 1. The van der Waals surface area contributed by atoms with Gasteiger partial charge in [-0.2, -0.15) is 9.78 Å². The Bertz CT molecular complexity index is 1090. The smallest absolute Gasteiger partial charge is 0.282 e. The van der Waals surface area contributed by atoms with Crippen molar-refractivity contribution in [2.75, 3.05) is 19.0 Å². The van der Waals surface area contributed by atoms with E-state index in [2.05, 4.69) is 32.9 Å². The SMILES string of the molecule is CCCCc1nc2ccc(Br)cc2c(=O)n1N=Cc1ccc(N(C)C)cc1O. The molecular formula is C21H23BrN4O2. The van der Waals surface area contributed by atoms with Crippen molar-refractivity contribution in [1.29, 1.82) is 0 Å². The number of phenolic OH excluding ortho intramolecular Hbond substituents is 1. The van der Waals surface area contributed by atoms with E-state index in [9.17, 15) is 9.90 Å². The molecule has 0 atom stereocenters. The van der Waals surface area contributed by atoms with E-state index < -0.39 is 0 Å². The van der Waals surface area contributed by atoms with E-state index in [1.807, 2.05) is 37.2 Å². The van der Waals surface area contributed by atoms with Gasteiger partial charge in [-0.1, -0.05) is 29.3 Å². The Hall–Kier alpha value is -2.67. The van der Waals surface area contributed by atoms with Crippen molar-refractivity contribution in [3.63, 3.8) is 0 Å². The van der Waals surface area contributed by atoms with E-state index >= 15 is 0 Å². The van der Waals surface area contributed by atoms with Crippen LogP contribution < -0.4 is 10.5 Å². The quantitative estimate of drug-likeness (QED) is 0.581. The summed E-state index contributed by atoms with van der Waals surface area (Å²) in [6.45, 7) is 2.09. The van der Waals surface area contributed by atoms with Crippen molar-refractivity contribution < 1.29 is 5.11 Å². The molecule has 146 valence electrons. The predicted molar refractivity (Wildman–Crippen MR) is 118 cm³/mol. The normalized spacial score (nSPS) is 11.4. The van der Waals surface area contributed by atoms with Crippen LogP contribution >= 0.6 is 15.9 Å². The molecule has 1 aromatic heterocycles. The molecule has 3 rings (SSSR count). The van der Waals surface area contributed by atoms with E-state index in [0.29, 0.717) is 28.7 Å². The summed E-state index contributed by atoms with van der Waals surface area (Å²) in [6, 6.07) is 10.8. The van der Waals surface area contributed by atoms with E-state index in [0.717, 1.165) is 23.0 Å². The number of aromatic nitrogens is 2. The average molecular weight is 443 g/mol. The number of aromatic hydroxyl groups is 1. The molecule has 0 saturated heterocycles. The molecular weight excluding hydrogens is 420 g/mol. The van der Waals surface area contributed by atoms with Crippen molar-refractivity contribution in [2.24, 2.45) is 5.10 Å². The summed E-state index contributed by atoms with van der Waals surface area (Å²) in [7, 11) is 3.81. The number of phenols is 1. The summed E-state index contributed by atoms with van der Waals surface area (Å²) < 4.78 is 2.15. The van der Waals surface area contributed by atoms with Crippen LogP contribution in [0.5, 0.6) is 5.75 Å². The van der Waals surface area contributed by atoms with Gasteiger partial charge in [-0.05, 0) is 36.8 Å². The molecule has 1 heterocycles. The second-order valence-corrected chi connectivity index (χ2v) is 7.71. The number of fused-ring (bicyclic) bond motifs is 1. The van der Waals surface area contributed by atoms with Gasteiger partial charge in [0.05, 0.1) is 17.1 Å². The number of rotatable bonds is 6. The summed E-state index contributed by atoms with van der Waals surface area (Å²) in [5.41, 5.74) is 1.85. The molecule has 0 bridgehead atoms. The lowest BCUT2D eigenvalue weighted by molar-refractivity contribution is 0.474. The summed E-state index contributed by atoms with van der Waals surface area (Å²) in [6.07, 6.45) is 4.05. The lowest BCUT2D eigenvalue weighted by atomic mass is 10.2. The van der Waals surface area contributed by atoms with Crippen LogP contribution in [-0.2, 0) is 6.42 Å². The van der Waals surface area contributed by atoms with E-state index in [1.54, 1.807) is 18.2 Å². The summed E-state index contributed by atoms with van der Waals surface area (Å²) in [5, 5.41) is 15.2. The number of benzene rings is 2. The topological polar surface area (TPSA) is 70.7 Å². The lowest BCUT2D eigenvalue weighted by Gasteiger charge is -2.13. The third kappa shape index (κ3) is 4.25. The zero-order valence-corrected chi connectivity index (χ0v) is 17.8. The molecule has 3 aromatic rings. The lowest BCUT2D eigenvalue weighted by Crippen LogP contribution is -2.22. The minimum atomic E-state index is -0.224. The third-order valence-corrected chi connectivity index (χ3v) is 4.97. The molecule has 0 unspecified atom stereocenters. The van der Waals surface area contributed by atoms with Crippen LogP contribution in [0.4, 0.5) is 5.69 Å². The van der Waals surface area contributed by atoms with Crippen LogP contribution in [0, 0.1) is 0 Å². The Labute approximate surface area is 172 Å². The van der Waals surface area contributed by atoms with Gasteiger partial charge in [0.15, 0.2) is 0 Å². The number of hydrogen-bond donors (Lipinski definition) is 1. The molecule has 0 spiro atoms. The summed E-state index contributed by atoms with van der Waals surface area (Å²) in [5.74, 6) is 0.719. The Balaban J connectivity index is 2.09. The first-order valence-corrected chi connectivity index (χ1v) is 9.96. The van der Waals surface area contributed by atoms with E-state index in [4.69, 9.17) is 0 Å². The first-order chi connectivity index (χ1) is 13.4. The maximum Gasteiger partial charge on any atom is 0.282 e. The van der Waals surface area contributed by atoms with Crippen LogP contribution in [0.2, 0.25) is 0 Å². The minimum absolute atomic E-state index is 0.106. The monoisotopic (exact) mass is 442 g/mol. The van der Waals surface area contributed by atoms with Crippen LogP contribution in [0.25, 0.3) is 10.9 Å². The molecule has 28 heavy (non-hydrogen) atoms. The van der Waals surface area contributed by atoms with Gasteiger partial charge in [0.2, 0.25) is 0 Å². The van der Waals surface area contributed by atoms with Gasteiger partial charge in [0.1, 0.15) is 11.6 Å². The molecule has 0 fully saturated rings. The fraction of sp³-hybridized carbons (Fsp3) is 0.286. The van der Waals surface area contributed by atoms with Crippen molar-refractivity contribution in [1.82, 2.24) is 9.66 Å². The van der Waals surface area contributed by atoms with Crippen LogP contribution in [0.15, 0.2) is 50.8 Å². The molecule has 0 saturated carbocycles. The standard InChI is InChI=1S/C21H23BrN4O2/c1-4-5-6-20-24-18-10-8-15(22)11-17(18)21(28)26(20)23-13-14-7-9-16(25(2)3)12-19(14)27/h7-13,27H,4-6H2,1-3H3. The van der Waals surface area contributed by atoms with Crippen molar-refractivity contribution in [3.8, 4) is 5.75 Å². The Morgan fingerprint density at radius 1 is 1.25 bits per heavy atom. The van der Waals surface area contributed by atoms with E-state index in [-0.39, 0.29) is 11.3 Å². The number of nitrogens with zero attached hydrogens (tertiary/aromatic N) is 4. The van der Waals surface area contributed by atoms with Gasteiger partial charge in [0.25, 0.3) is 5.56 Å². The average Bonchev–Trinajstić information content (AvgIpc) is 2.67. The van der Waals surface area contributed by atoms with Crippen molar-refractivity contribution in [3.05, 3.63) is 62.6 Å². The van der Waals surface area contributed by atoms with Crippen LogP contribution in [-0.4, -0.2) is 35.1 Å². The fourth-order valence-electron chi connectivity index (χ4n) is 2.85. The van der Waals surface area contributed by atoms with Gasteiger partial charge in [-0.15, -0.1) is 0 Å². The van der Waals surface area contributed by atoms with Crippen LogP contribution in [0.3, 0.4) is 0 Å².